The van der Waals surface area contributed by atoms with Gasteiger partial charge in [-0.25, -0.2) is 14.7 Å². The van der Waals surface area contributed by atoms with Crippen LogP contribution < -0.4 is 10.5 Å². The molecule has 0 atom stereocenters. The van der Waals surface area contributed by atoms with E-state index in [0.717, 1.165) is 41.3 Å². The third-order valence-electron chi connectivity index (χ3n) is 5.16. The summed E-state index contributed by atoms with van der Waals surface area (Å²) in [7, 11) is 0. The Labute approximate surface area is 181 Å². The molecule has 0 aliphatic carbocycles. The minimum atomic E-state index is 0.414. The van der Waals surface area contributed by atoms with E-state index in [1.807, 2.05) is 44.3 Å². The molecule has 2 aromatic heterocycles. The molecule has 8 heteroatoms. The van der Waals surface area contributed by atoms with Crippen LogP contribution in [0.4, 0.5) is 5.69 Å². The maximum atomic E-state index is 6.25. The van der Waals surface area contributed by atoms with Crippen molar-refractivity contribution in [2.24, 2.45) is 10.7 Å². The van der Waals surface area contributed by atoms with E-state index >= 15 is 0 Å². The van der Waals surface area contributed by atoms with Crippen molar-refractivity contribution in [3.05, 3.63) is 59.0 Å². The van der Waals surface area contributed by atoms with Gasteiger partial charge in [-0.3, -0.25) is 0 Å². The molecule has 0 spiro atoms. The van der Waals surface area contributed by atoms with Gasteiger partial charge in [-0.1, -0.05) is 11.6 Å². The molecule has 4 rings (SSSR count). The summed E-state index contributed by atoms with van der Waals surface area (Å²) >= 11 is 5.96. The number of aliphatic imine (C=N–C) groups is 1. The van der Waals surface area contributed by atoms with Gasteiger partial charge in [0, 0.05) is 37.6 Å². The molecule has 0 amide bonds. The van der Waals surface area contributed by atoms with Crippen molar-refractivity contribution in [1.82, 2.24) is 19.7 Å². The largest absolute Gasteiger partial charge is 0.437 e. The van der Waals surface area contributed by atoms with Crippen molar-refractivity contribution in [3.8, 4) is 17.3 Å². The Morgan fingerprint density at radius 3 is 2.67 bits per heavy atom. The second-order valence-corrected chi connectivity index (χ2v) is 7.85. The molecule has 1 aliphatic heterocycles. The summed E-state index contributed by atoms with van der Waals surface area (Å²) in [6.45, 7) is 5.94. The number of rotatable bonds is 4. The molecule has 3 aromatic rings. The first kappa shape index (κ1) is 20.2. The summed E-state index contributed by atoms with van der Waals surface area (Å²) in [5.74, 6) is 1.82. The van der Waals surface area contributed by atoms with Crippen LogP contribution in [0.1, 0.15) is 30.4 Å². The topological polar surface area (TPSA) is 81.6 Å². The monoisotopic (exact) mass is 424 g/mol. The standard InChI is InChI=1S/C22H25ClN6O/c1-15-13-19(16(2)12-18(15)26-22(24)28-9-4-3-5-10-28)30-21-7-11-29(27-21)17-6-8-25-20(23)14-17/h6-8,11-14H,3-5,9-10H2,1-2H3,(H2,24,26). The second-order valence-electron chi connectivity index (χ2n) is 7.46. The SMILES string of the molecule is Cc1cc(Oc2ccn(-c3ccnc(Cl)c3)n2)c(C)cc1N=C(N)N1CCCCC1. The number of likely N-dealkylation sites (tertiary alicyclic amines) is 1. The molecule has 1 fully saturated rings. The molecule has 1 saturated heterocycles. The van der Waals surface area contributed by atoms with Crippen molar-refractivity contribution < 1.29 is 4.74 Å². The fourth-order valence-corrected chi connectivity index (χ4v) is 3.64. The molecule has 1 aliphatic rings. The number of ether oxygens (including phenoxy) is 1. The Kier molecular flexibility index (Phi) is 5.90. The summed E-state index contributed by atoms with van der Waals surface area (Å²) < 4.78 is 7.73. The number of halogens is 1. The van der Waals surface area contributed by atoms with Crippen molar-refractivity contribution in [2.45, 2.75) is 33.1 Å². The second kappa shape index (κ2) is 8.75. The van der Waals surface area contributed by atoms with Crippen molar-refractivity contribution in [1.29, 1.82) is 0 Å². The van der Waals surface area contributed by atoms with Gasteiger partial charge in [-0.15, -0.1) is 5.10 Å². The van der Waals surface area contributed by atoms with Gasteiger partial charge in [0.05, 0.1) is 11.4 Å². The zero-order valence-corrected chi connectivity index (χ0v) is 17.9. The van der Waals surface area contributed by atoms with Crippen molar-refractivity contribution in [3.63, 3.8) is 0 Å². The van der Waals surface area contributed by atoms with E-state index in [-0.39, 0.29) is 0 Å². The van der Waals surface area contributed by atoms with Gasteiger partial charge < -0.3 is 15.4 Å². The van der Waals surface area contributed by atoms with Gasteiger partial charge >= 0.3 is 0 Å². The Hall–Kier alpha value is -3.06. The number of guanidine groups is 1. The van der Waals surface area contributed by atoms with E-state index in [4.69, 9.17) is 22.1 Å². The summed E-state index contributed by atoms with van der Waals surface area (Å²) in [5.41, 5.74) is 9.89. The van der Waals surface area contributed by atoms with Crippen LogP contribution in [0.2, 0.25) is 5.15 Å². The lowest BCUT2D eigenvalue weighted by molar-refractivity contribution is 0.339. The van der Waals surface area contributed by atoms with E-state index in [1.54, 1.807) is 16.9 Å². The highest BCUT2D eigenvalue weighted by Crippen LogP contribution is 2.31. The average molecular weight is 425 g/mol. The number of hydrogen-bond donors (Lipinski definition) is 1. The molecule has 1 aromatic carbocycles. The fraction of sp³-hybridized carbons (Fsp3) is 0.318. The first-order chi connectivity index (χ1) is 14.5. The molecular formula is C22H25ClN6O. The summed E-state index contributed by atoms with van der Waals surface area (Å²) in [6, 6.07) is 9.36. The minimum Gasteiger partial charge on any atom is -0.437 e. The summed E-state index contributed by atoms with van der Waals surface area (Å²) in [6.07, 6.45) is 7.06. The van der Waals surface area contributed by atoms with Crippen LogP contribution in [0.15, 0.2) is 47.7 Å². The van der Waals surface area contributed by atoms with Crippen LogP contribution >= 0.6 is 11.6 Å². The predicted molar refractivity (Wildman–Crippen MR) is 119 cm³/mol. The predicted octanol–water partition coefficient (Wildman–Crippen LogP) is 4.76. The molecule has 0 bridgehead atoms. The molecular weight excluding hydrogens is 400 g/mol. The van der Waals surface area contributed by atoms with Gasteiger partial charge in [0.2, 0.25) is 5.88 Å². The van der Waals surface area contributed by atoms with Crippen LogP contribution in [0.3, 0.4) is 0 Å². The van der Waals surface area contributed by atoms with E-state index in [1.165, 1.54) is 19.3 Å². The van der Waals surface area contributed by atoms with Crippen molar-refractivity contribution >= 4 is 23.2 Å². The van der Waals surface area contributed by atoms with E-state index in [2.05, 4.69) is 20.0 Å². The lowest BCUT2D eigenvalue weighted by Gasteiger charge is -2.27. The Morgan fingerprint density at radius 1 is 1.10 bits per heavy atom. The highest BCUT2D eigenvalue weighted by atomic mass is 35.5. The summed E-state index contributed by atoms with van der Waals surface area (Å²) in [5, 5.41) is 4.89. The molecule has 0 saturated carbocycles. The fourth-order valence-electron chi connectivity index (χ4n) is 3.47. The Morgan fingerprint density at radius 2 is 1.90 bits per heavy atom. The van der Waals surface area contributed by atoms with Crippen LogP contribution in [-0.2, 0) is 0 Å². The quantitative estimate of drug-likeness (QED) is 0.371. The lowest BCUT2D eigenvalue weighted by Crippen LogP contribution is -2.40. The zero-order chi connectivity index (χ0) is 21.1. The molecule has 0 unspecified atom stereocenters. The molecule has 7 nitrogen and oxygen atoms in total. The first-order valence-electron chi connectivity index (χ1n) is 10.1. The Balaban J connectivity index is 1.52. The van der Waals surface area contributed by atoms with Gasteiger partial charge in [-0.05, 0) is 62.4 Å². The van der Waals surface area contributed by atoms with E-state index < -0.39 is 0 Å². The molecule has 30 heavy (non-hydrogen) atoms. The third-order valence-corrected chi connectivity index (χ3v) is 5.37. The number of hydrogen-bond acceptors (Lipinski definition) is 4. The minimum absolute atomic E-state index is 0.414. The third kappa shape index (κ3) is 4.57. The Bertz CT molecular complexity index is 1070. The van der Waals surface area contributed by atoms with Crippen LogP contribution in [-0.4, -0.2) is 38.7 Å². The number of piperidine rings is 1. The number of nitrogens with zero attached hydrogens (tertiary/aromatic N) is 5. The molecule has 3 heterocycles. The number of aromatic nitrogens is 3. The number of benzene rings is 1. The lowest BCUT2D eigenvalue weighted by atomic mass is 10.1. The van der Waals surface area contributed by atoms with Crippen LogP contribution in [0.25, 0.3) is 5.69 Å². The first-order valence-corrected chi connectivity index (χ1v) is 10.4. The summed E-state index contributed by atoms with van der Waals surface area (Å²) in [4.78, 5) is 10.8. The highest BCUT2D eigenvalue weighted by Gasteiger charge is 2.14. The number of aryl methyl sites for hydroxylation is 2. The molecule has 156 valence electrons. The van der Waals surface area contributed by atoms with Crippen molar-refractivity contribution in [2.75, 3.05) is 13.1 Å². The number of nitrogens with two attached hydrogens (primary N) is 1. The zero-order valence-electron chi connectivity index (χ0n) is 17.2. The highest BCUT2D eigenvalue weighted by molar-refractivity contribution is 6.29. The van der Waals surface area contributed by atoms with Crippen LogP contribution in [0.5, 0.6) is 11.6 Å². The van der Waals surface area contributed by atoms with Gasteiger partial charge in [0.1, 0.15) is 10.9 Å². The van der Waals surface area contributed by atoms with E-state index in [0.29, 0.717) is 17.0 Å². The normalized spacial score (nSPS) is 14.8. The number of pyridine rings is 1. The molecule has 2 N–H and O–H groups in total. The molecule has 0 radical (unpaired) electrons. The van der Waals surface area contributed by atoms with E-state index in [9.17, 15) is 0 Å². The average Bonchev–Trinajstić information content (AvgIpc) is 3.21. The smallest absolute Gasteiger partial charge is 0.238 e. The maximum absolute atomic E-state index is 6.25. The van der Waals surface area contributed by atoms with Gasteiger partial charge in [0.15, 0.2) is 5.96 Å². The maximum Gasteiger partial charge on any atom is 0.238 e. The van der Waals surface area contributed by atoms with Gasteiger partial charge in [-0.2, -0.15) is 0 Å². The van der Waals surface area contributed by atoms with Gasteiger partial charge in [0.25, 0.3) is 0 Å². The van der Waals surface area contributed by atoms with Crippen LogP contribution in [0, 0.1) is 13.8 Å².